The quantitative estimate of drug-likeness (QED) is 0.233. The highest BCUT2D eigenvalue weighted by atomic mass is 79.9. The Morgan fingerprint density at radius 2 is 1.64 bits per heavy atom. The van der Waals surface area contributed by atoms with Gasteiger partial charge in [-0.1, -0.05) is 27.7 Å². The molecule has 0 aliphatic rings. The summed E-state index contributed by atoms with van der Waals surface area (Å²) in [5, 5.41) is 14.0. The number of rotatable bonds is 9. The minimum absolute atomic E-state index is 0.0347. The van der Waals surface area contributed by atoms with Crippen molar-refractivity contribution in [2.24, 2.45) is 0 Å². The summed E-state index contributed by atoms with van der Waals surface area (Å²) < 4.78 is 46.8. The number of carbonyl (C=O) groups excluding carboxylic acids is 2. The molecule has 1 aromatic heterocycles. The number of hydrogen-bond donors (Lipinski definition) is 2. The first-order valence-electron chi connectivity index (χ1n) is 11.4. The maximum atomic E-state index is 13.1. The van der Waals surface area contributed by atoms with Crippen LogP contribution in [0.2, 0.25) is 0 Å². The van der Waals surface area contributed by atoms with E-state index < -0.39 is 11.7 Å². The van der Waals surface area contributed by atoms with Crippen molar-refractivity contribution < 1.29 is 27.5 Å². The van der Waals surface area contributed by atoms with Gasteiger partial charge in [0, 0.05) is 21.4 Å². The Kier molecular flexibility index (Phi) is 8.92. The summed E-state index contributed by atoms with van der Waals surface area (Å²) in [4.78, 5) is 25.1. The number of halogens is 4. The number of hydrogen-bond acceptors (Lipinski definition) is 6. The molecule has 0 aliphatic heterocycles. The lowest BCUT2D eigenvalue weighted by atomic mass is 10.2. The second-order valence-corrected chi connectivity index (χ2v) is 9.89. The summed E-state index contributed by atoms with van der Waals surface area (Å²) >= 11 is 4.39. The Morgan fingerprint density at radius 1 is 0.974 bits per heavy atom. The smallest absolute Gasteiger partial charge is 0.416 e. The van der Waals surface area contributed by atoms with Crippen LogP contribution in [0.25, 0.3) is 5.69 Å². The Balaban J connectivity index is 1.53. The SMILES string of the molecule is COc1ccc(C(=O)NCc2nnc(SCC(=O)Nc3ccc(Br)cc3)n2-c2ccc(C(F)(F)F)cc2)cc1. The van der Waals surface area contributed by atoms with Crippen molar-refractivity contribution in [3.63, 3.8) is 0 Å². The van der Waals surface area contributed by atoms with Gasteiger partial charge in [-0.05, 0) is 72.8 Å². The topological polar surface area (TPSA) is 98.1 Å². The summed E-state index contributed by atoms with van der Waals surface area (Å²) in [5.41, 5.74) is 0.528. The number of anilines is 1. The molecule has 0 saturated carbocycles. The van der Waals surface area contributed by atoms with E-state index in [9.17, 15) is 22.8 Å². The van der Waals surface area contributed by atoms with E-state index in [4.69, 9.17) is 4.74 Å². The molecule has 0 unspecified atom stereocenters. The van der Waals surface area contributed by atoms with Gasteiger partial charge in [0.2, 0.25) is 5.91 Å². The minimum Gasteiger partial charge on any atom is -0.497 e. The molecular formula is C26H21BrF3N5O3S. The number of aromatic nitrogens is 3. The molecule has 13 heteroatoms. The van der Waals surface area contributed by atoms with Crippen LogP contribution in [-0.2, 0) is 17.5 Å². The monoisotopic (exact) mass is 619 g/mol. The zero-order chi connectivity index (χ0) is 28.0. The number of alkyl halides is 3. The van der Waals surface area contributed by atoms with Crippen molar-refractivity contribution in [3.8, 4) is 11.4 Å². The molecular weight excluding hydrogens is 599 g/mol. The molecule has 0 aliphatic carbocycles. The highest BCUT2D eigenvalue weighted by Gasteiger charge is 2.30. The van der Waals surface area contributed by atoms with Crippen molar-refractivity contribution in [2.75, 3.05) is 18.2 Å². The van der Waals surface area contributed by atoms with E-state index in [1.165, 1.54) is 23.8 Å². The zero-order valence-electron chi connectivity index (χ0n) is 20.3. The lowest BCUT2D eigenvalue weighted by Crippen LogP contribution is -2.24. The van der Waals surface area contributed by atoms with Crippen LogP contribution in [0.3, 0.4) is 0 Å². The first-order chi connectivity index (χ1) is 18.6. The average Bonchev–Trinajstić information content (AvgIpc) is 3.34. The number of methoxy groups -OCH3 is 1. The molecule has 4 rings (SSSR count). The second kappa shape index (κ2) is 12.3. The van der Waals surface area contributed by atoms with E-state index in [2.05, 4.69) is 36.8 Å². The molecule has 202 valence electrons. The van der Waals surface area contributed by atoms with Gasteiger partial charge >= 0.3 is 6.18 Å². The summed E-state index contributed by atoms with van der Waals surface area (Å²) in [6.07, 6.45) is -4.50. The fourth-order valence-corrected chi connectivity index (χ4v) is 4.47. The minimum atomic E-state index is -4.50. The van der Waals surface area contributed by atoms with Gasteiger partial charge in [0.1, 0.15) is 5.75 Å². The molecule has 8 nitrogen and oxygen atoms in total. The van der Waals surface area contributed by atoms with E-state index in [0.29, 0.717) is 22.7 Å². The van der Waals surface area contributed by atoms with E-state index >= 15 is 0 Å². The van der Waals surface area contributed by atoms with Gasteiger partial charge in [0.05, 0.1) is 25.0 Å². The molecule has 2 amide bonds. The van der Waals surface area contributed by atoms with Crippen LogP contribution in [0.5, 0.6) is 5.75 Å². The van der Waals surface area contributed by atoms with Gasteiger partial charge in [-0.3, -0.25) is 14.2 Å². The van der Waals surface area contributed by atoms with Gasteiger partial charge in [-0.15, -0.1) is 10.2 Å². The molecule has 1 heterocycles. The molecule has 39 heavy (non-hydrogen) atoms. The second-order valence-electron chi connectivity index (χ2n) is 8.03. The van der Waals surface area contributed by atoms with E-state index in [1.807, 2.05) is 0 Å². The number of nitrogens with zero attached hydrogens (tertiary/aromatic N) is 3. The molecule has 0 radical (unpaired) electrons. The lowest BCUT2D eigenvalue weighted by Gasteiger charge is -2.13. The van der Waals surface area contributed by atoms with Crippen LogP contribution in [0.1, 0.15) is 21.7 Å². The van der Waals surface area contributed by atoms with Crippen LogP contribution in [0.4, 0.5) is 18.9 Å². The standard InChI is InChI=1S/C26H21BrF3N5O3S/c1-38-21-12-2-16(3-13-21)24(37)31-14-22-33-34-25(35(22)20-10-4-17(5-11-20)26(28,29)30)39-15-23(36)32-19-8-6-18(27)7-9-19/h2-13H,14-15H2,1H3,(H,31,37)(H,32,36). The Labute approximate surface area is 234 Å². The first kappa shape index (κ1) is 28.2. The van der Waals surface area contributed by atoms with Crippen molar-refractivity contribution >= 4 is 45.2 Å². The molecule has 2 N–H and O–H groups in total. The average molecular weight is 620 g/mol. The van der Waals surface area contributed by atoms with E-state index in [-0.39, 0.29) is 35.1 Å². The largest absolute Gasteiger partial charge is 0.497 e. The molecule has 0 fully saturated rings. The van der Waals surface area contributed by atoms with Crippen LogP contribution in [0.15, 0.2) is 82.4 Å². The highest BCUT2D eigenvalue weighted by molar-refractivity contribution is 9.10. The van der Waals surface area contributed by atoms with Crippen LogP contribution in [0, 0.1) is 0 Å². The number of ether oxygens (including phenoxy) is 1. The zero-order valence-corrected chi connectivity index (χ0v) is 22.7. The maximum absolute atomic E-state index is 13.1. The van der Waals surface area contributed by atoms with E-state index in [1.54, 1.807) is 48.5 Å². The maximum Gasteiger partial charge on any atom is 0.416 e. The third-order valence-corrected chi connectivity index (χ3v) is 6.83. The first-order valence-corrected chi connectivity index (χ1v) is 13.1. The molecule has 0 bridgehead atoms. The predicted molar refractivity (Wildman–Crippen MR) is 144 cm³/mol. The van der Waals surface area contributed by atoms with Crippen LogP contribution in [-0.4, -0.2) is 39.4 Å². The van der Waals surface area contributed by atoms with Crippen molar-refractivity contribution in [1.29, 1.82) is 0 Å². The van der Waals surface area contributed by atoms with Crippen LogP contribution < -0.4 is 15.4 Å². The number of carbonyl (C=O) groups is 2. The number of benzene rings is 3. The van der Waals surface area contributed by atoms with Gasteiger partial charge in [-0.25, -0.2) is 0 Å². The Bertz CT molecular complexity index is 1440. The summed E-state index contributed by atoms with van der Waals surface area (Å²) in [6.45, 7) is -0.0649. The van der Waals surface area contributed by atoms with Gasteiger partial charge in [0.25, 0.3) is 5.91 Å². The van der Waals surface area contributed by atoms with Gasteiger partial charge in [0.15, 0.2) is 11.0 Å². The Morgan fingerprint density at radius 3 is 2.26 bits per heavy atom. The van der Waals surface area contributed by atoms with Crippen LogP contribution >= 0.6 is 27.7 Å². The van der Waals surface area contributed by atoms with Gasteiger partial charge < -0.3 is 15.4 Å². The summed E-state index contributed by atoms with van der Waals surface area (Å²) in [6, 6.07) is 18.0. The van der Waals surface area contributed by atoms with E-state index in [0.717, 1.165) is 28.4 Å². The Hall–Kier alpha value is -3.84. The molecule has 0 spiro atoms. The molecule has 3 aromatic carbocycles. The predicted octanol–water partition coefficient (Wildman–Crippen LogP) is 5.72. The molecule has 0 saturated heterocycles. The summed E-state index contributed by atoms with van der Waals surface area (Å²) in [5.74, 6) is 0.140. The highest BCUT2D eigenvalue weighted by Crippen LogP contribution is 2.31. The summed E-state index contributed by atoms with van der Waals surface area (Å²) in [7, 11) is 1.52. The van der Waals surface area contributed by atoms with Gasteiger partial charge in [-0.2, -0.15) is 13.2 Å². The third kappa shape index (κ3) is 7.39. The van der Waals surface area contributed by atoms with Crippen molar-refractivity contribution in [1.82, 2.24) is 20.1 Å². The lowest BCUT2D eigenvalue weighted by molar-refractivity contribution is -0.137. The number of thioether (sulfide) groups is 1. The third-order valence-electron chi connectivity index (χ3n) is 5.37. The normalized spacial score (nSPS) is 11.2. The molecule has 0 atom stereocenters. The molecule has 4 aromatic rings. The fourth-order valence-electron chi connectivity index (χ4n) is 3.43. The number of nitrogens with one attached hydrogen (secondary N) is 2. The number of amides is 2. The fraction of sp³-hybridized carbons (Fsp3) is 0.154. The van der Waals surface area contributed by atoms with Crippen molar-refractivity contribution in [3.05, 3.63) is 94.2 Å². The van der Waals surface area contributed by atoms with Crippen molar-refractivity contribution in [2.45, 2.75) is 17.9 Å².